The number of benzene rings is 11. The Labute approximate surface area is 373 Å². The van der Waals surface area contributed by atoms with Crippen molar-refractivity contribution in [3.63, 3.8) is 0 Å². The topological polar surface area (TPSA) is 8.17 Å². The van der Waals surface area contributed by atoms with Crippen molar-refractivity contribution in [2.75, 3.05) is 4.90 Å². The van der Waals surface area contributed by atoms with E-state index in [1.807, 2.05) is 0 Å². The molecule has 12 aromatic rings. The van der Waals surface area contributed by atoms with Gasteiger partial charge in [-0.2, -0.15) is 0 Å². The number of nitrogens with zero attached hydrogens (tertiary/aromatic N) is 2. The average molecular weight is 815 g/mol. The van der Waals surface area contributed by atoms with E-state index in [0.29, 0.717) is 0 Å². The molecular weight excluding hydrogens is 773 g/mol. The Morgan fingerprint density at radius 1 is 0.266 bits per heavy atom. The van der Waals surface area contributed by atoms with Gasteiger partial charge in [0.15, 0.2) is 0 Å². The van der Waals surface area contributed by atoms with Gasteiger partial charge < -0.3 is 9.47 Å². The molecule has 0 spiro atoms. The van der Waals surface area contributed by atoms with E-state index >= 15 is 0 Å². The zero-order chi connectivity index (χ0) is 42.4. The van der Waals surface area contributed by atoms with Crippen LogP contribution in [0, 0.1) is 0 Å². The highest BCUT2D eigenvalue weighted by atomic mass is 15.1. The third kappa shape index (κ3) is 6.61. The molecule has 0 saturated carbocycles. The quantitative estimate of drug-likeness (QED) is 0.148. The highest BCUT2D eigenvalue weighted by molar-refractivity contribution is 6.21. The number of aromatic nitrogens is 1. The third-order valence-electron chi connectivity index (χ3n) is 12.8. The normalized spacial score (nSPS) is 11.4. The van der Waals surface area contributed by atoms with Gasteiger partial charge in [-0.05, 0) is 127 Å². The summed E-state index contributed by atoms with van der Waals surface area (Å²) < 4.78 is 2.45. The average Bonchev–Trinajstić information content (AvgIpc) is 3.72. The van der Waals surface area contributed by atoms with Crippen LogP contribution in [-0.2, 0) is 0 Å². The summed E-state index contributed by atoms with van der Waals surface area (Å²) in [4.78, 5) is 2.38. The number of rotatable bonds is 8. The Hall–Kier alpha value is -8.46. The minimum absolute atomic E-state index is 1.08. The van der Waals surface area contributed by atoms with E-state index in [0.717, 1.165) is 28.3 Å². The minimum Gasteiger partial charge on any atom is -0.310 e. The molecule has 64 heavy (non-hydrogen) atoms. The maximum absolute atomic E-state index is 2.45. The van der Waals surface area contributed by atoms with Crippen LogP contribution < -0.4 is 4.90 Å². The van der Waals surface area contributed by atoms with Crippen molar-refractivity contribution in [2.45, 2.75) is 0 Å². The van der Waals surface area contributed by atoms with Gasteiger partial charge in [-0.15, -0.1) is 0 Å². The van der Waals surface area contributed by atoms with Crippen LogP contribution in [-0.4, -0.2) is 4.57 Å². The first-order valence-electron chi connectivity index (χ1n) is 22.0. The molecule has 0 N–H and O–H groups in total. The fraction of sp³-hybridized carbons (Fsp3) is 0. The second-order valence-electron chi connectivity index (χ2n) is 16.5. The van der Waals surface area contributed by atoms with Crippen molar-refractivity contribution in [3.8, 4) is 50.2 Å². The van der Waals surface area contributed by atoms with Crippen molar-refractivity contribution in [1.82, 2.24) is 4.57 Å². The van der Waals surface area contributed by atoms with Gasteiger partial charge in [0.25, 0.3) is 0 Å². The monoisotopic (exact) mass is 814 g/mol. The second-order valence-corrected chi connectivity index (χ2v) is 16.5. The first kappa shape index (κ1) is 37.3. The fourth-order valence-electron chi connectivity index (χ4n) is 9.65. The van der Waals surface area contributed by atoms with Crippen molar-refractivity contribution < 1.29 is 0 Å². The molecule has 0 amide bonds. The Kier molecular flexibility index (Phi) is 9.20. The van der Waals surface area contributed by atoms with Crippen molar-refractivity contribution in [3.05, 3.63) is 255 Å². The lowest BCUT2D eigenvalue weighted by Crippen LogP contribution is -2.10. The number of hydrogen-bond acceptors (Lipinski definition) is 1. The molecule has 0 fully saturated rings. The molecule has 0 aliphatic rings. The van der Waals surface area contributed by atoms with Crippen molar-refractivity contribution >= 4 is 60.4 Å². The third-order valence-corrected chi connectivity index (χ3v) is 12.8. The van der Waals surface area contributed by atoms with Crippen LogP contribution in [0.25, 0.3) is 93.5 Å². The molecule has 1 heterocycles. The molecular formula is C62H42N2. The maximum Gasteiger partial charge on any atom is 0.0547 e. The van der Waals surface area contributed by atoms with E-state index in [2.05, 4.69) is 264 Å². The minimum atomic E-state index is 1.08. The summed E-state index contributed by atoms with van der Waals surface area (Å²) in [5.41, 5.74) is 16.3. The molecule has 0 unspecified atom stereocenters. The number of fused-ring (bicyclic) bond motifs is 6. The molecule has 2 nitrogen and oxygen atoms in total. The SMILES string of the molecule is c1ccc(-c2cccc(-c3ccc(N(c4ccc(-c5ccccc5-n5c6ccccc6c6c7ccccc7ccc65)cc4)c4cccc(-c5ccc6ccccc6c5)c4)cc3)c2)cc1. The largest absolute Gasteiger partial charge is 0.310 e. The van der Waals surface area contributed by atoms with Crippen LogP contribution in [0.15, 0.2) is 255 Å². The highest BCUT2D eigenvalue weighted by Crippen LogP contribution is 2.42. The molecule has 11 aromatic carbocycles. The Bertz CT molecular complexity index is 3660. The molecule has 0 aliphatic carbocycles. The van der Waals surface area contributed by atoms with Crippen LogP contribution in [0.2, 0.25) is 0 Å². The van der Waals surface area contributed by atoms with Gasteiger partial charge in [-0.1, -0.05) is 188 Å². The molecule has 300 valence electrons. The van der Waals surface area contributed by atoms with E-state index in [4.69, 9.17) is 0 Å². The predicted molar refractivity (Wildman–Crippen MR) is 272 cm³/mol. The molecule has 1 aromatic heterocycles. The molecule has 0 aliphatic heterocycles. The first-order chi connectivity index (χ1) is 31.7. The summed E-state index contributed by atoms with van der Waals surface area (Å²) in [6.07, 6.45) is 0. The maximum atomic E-state index is 2.45. The van der Waals surface area contributed by atoms with Crippen LogP contribution in [0.5, 0.6) is 0 Å². The van der Waals surface area contributed by atoms with Gasteiger partial charge in [-0.3, -0.25) is 0 Å². The van der Waals surface area contributed by atoms with Crippen LogP contribution in [0.3, 0.4) is 0 Å². The molecule has 0 bridgehead atoms. The van der Waals surface area contributed by atoms with Crippen molar-refractivity contribution in [2.24, 2.45) is 0 Å². The summed E-state index contributed by atoms with van der Waals surface area (Å²) in [5, 5.41) is 7.55. The summed E-state index contributed by atoms with van der Waals surface area (Å²) in [6.45, 7) is 0. The lowest BCUT2D eigenvalue weighted by atomic mass is 9.98. The number of hydrogen-bond donors (Lipinski definition) is 0. The van der Waals surface area contributed by atoms with Gasteiger partial charge in [0.1, 0.15) is 0 Å². The highest BCUT2D eigenvalue weighted by Gasteiger charge is 2.19. The Morgan fingerprint density at radius 2 is 0.797 bits per heavy atom. The van der Waals surface area contributed by atoms with E-state index in [1.165, 1.54) is 82.3 Å². The van der Waals surface area contributed by atoms with Crippen LogP contribution in [0.1, 0.15) is 0 Å². The van der Waals surface area contributed by atoms with E-state index < -0.39 is 0 Å². The van der Waals surface area contributed by atoms with Gasteiger partial charge in [0.05, 0.1) is 16.7 Å². The van der Waals surface area contributed by atoms with Crippen LogP contribution in [0.4, 0.5) is 17.1 Å². The summed E-state index contributed by atoms with van der Waals surface area (Å²) >= 11 is 0. The van der Waals surface area contributed by atoms with Gasteiger partial charge in [0, 0.05) is 33.4 Å². The predicted octanol–water partition coefficient (Wildman–Crippen LogP) is 17.2. The Balaban J connectivity index is 0.961. The molecule has 0 saturated heterocycles. The zero-order valence-corrected chi connectivity index (χ0v) is 35.1. The van der Waals surface area contributed by atoms with Gasteiger partial charge in [0.2, 0.25) is 0 Å². The number of para-hydroxylation sites is 2. The summed E-state index contributed by atoms with van der Waals surface area (Å²) in [5.74, 6) is 0. The first-order valence-corrected chi connectivity index (χ1v) is 22.0. The second kappa shape index (κ2) is 15.8. The zero-order valence-electron chi connectivity index (χ0n) is 35.1. The Morgan fingerprint density at radius 3 is 1.58 bits per heavy atom. The lowest BCUT2D eigenvalue weighted by Gasteiger charge is -2.26. The van der Waals surface area contributed by atoms with Crippen molar-refractivity contribution in [1.29, 1.82) is 0 Å². The summed E-state index contributed by atoms with van der Waals surface area (Å²) in [6, 6.07) is 92.6. The molecule has 0 atom stereocenters. The number of anilines is 3. The van der Waals surface area contributed by atoms with E-state index in [1.54, 1.807) is 0 Å². The smallest absolute Gasteiger partial charge is 0.0547 e. The van der Waals surface area contributed by atoms with Gasteiger partial charge >= 0.3 is 0 Å². The molecule has 12 rings (SSSR count). The summed E-state index contributed by atoms with van der Waals surface area (Å²) in [7, 11) is 0. The van der Waals surface area contributed by atoms with E-state index in [-0.39, 0.29) is 0 Å². The fourth-order valence-corrected chi connectivity index (χ4v) is 9.65. The molecule has 0 radical (unpaired) electrons. The van der Waals surface area contributed by atoms with E-state index in [9.17, 15) is 0 Å². The van der Waals surface area contributed by atoms with Gasteiger partial charge in [-0.25, -0.2) is 0 Å². The standard InChI is InChI=1S/C62H42N2/c1-2-14-43(15-3-1)49-19-12-20-50(40-49)45-30-35-53(36-31-45)63(55-22-13-21-51(42-55)52-29-28-44-16-4-5-18-48(44)41-52)54-37-32-47(33-38-54)56-23-8-10-26-59(56)64-60-27-11-9-25-58(60)62-57-24-7-6-17-46(57)34-39-61(62)64/h1-42H. The van der Waals surface area contributed by atoms with Crippen LogP contribution >= 0.6 is 0 Å². The lowest BCUT2D eigenvalue weighted by molar-refractivity contribution is 1.18. The molecule has 2 heteroatoms.